The number of non-ortho nitro benzene ring substituents is 1. The molecule has 1 aromatic rings. The molecule has 92 valence electrons. The Bertz CT molecular complexity index is 611. The SMILES string of the molecule is O=[N+]([O-])c1cc(Cl)c(S(=O)(=O)O)c([N+](=O)[O-])c1. The average molecular weight is 283 g/mol. The summed E-state index contributed by atoms with van der Waals surface area (Å²) in [6.45, 7) is 0. The molecule has 0 spiro atoms. The molecule has 0 aromatic heterocycles. The number of benzene rings is 1. The third-order valence-electron chi connectivity index (χ3n) is 1.67. The van der Waals surface area contributed by atoms with Crippen LogP contribution in [0.3, 0.4) is 0 Å². The molecule has 0 bridgehead atoms. The van der Waals surface area contributed by atoms with Crippen LogP contribution < -0.4 is 0 Å². The minimum absolute atomic E-state index is 0.398. The van der Waals surface area contributed by atoms with E-state index in [1.54, 1.807) is 0 Å². The van der Waals surface area contributed by atoms with Crippen LogP contribution in [0, 0.1) is 20.2 Å². The number of halogens is 1. The number of hydrogen-bond acceptors (Lipinski definition) is 6. The van der Waals surface area contributed by atoms with Crippen LogP contribution >= 0.6 is 11.6 Å². The van der Waals surface area contributed by atoms with Gasteiger partial charge in [-0.1, -0.05) is 11.6 Å². The van der Waals surface area contributed by atoms with Crippen molar-refractivity contribution in [2.45, 2.75) is 4.90 Å². The van der Waals surface area contributed by atoms with Crippen LogP contribution in [0.1, 0.15) is 0 Å². The van der Waals surface area contributed by atoms with E-state index in [9.17, 15) is 28.6 Å². The Morgan fingerprint density at radius 1 is 1.18 bits per heavy atom. The molecule has 0 amide bonds. The number of hydrogen-bond donors (Lipinski definition) is 1. The normalized spacial score (nSPS) is 11.2. The van der Waals surface area contributed by atoms with Crippen molar-refractivity contribution in [3.63, 3.8) is 0 Å². The van der Waals surface area contributed by atoms with Crippen molar-refractivity contribution < 1.29 is 22.8 Å². The fourth-order valence-electron chi connectivity index (χ4n) is 1.06. The van der Waals surface area contributed by atoms with E-state index in [2.05, 4.69) is 0 Å². The Labute approximate surface area is 98.7 Å². The van der Waals surface area contributed by atoms with E-state index >= 15 is 0 Å². The van der Waals surface area contributed by atoms with Crippen molar-refractivity contribution in [1.29, 1.82) is 0 Å². The molecule has 17 heavy (non-hydrogen) atoms. The quantitative estimate of drug-likeness (QED) is 0.501. The van der Waals surface area contributed by atoms with E-state index in [-0.39, 0.29) is 0 Å². The van der Waals surface area contributed by atoms with Crippen LogP contribution in [0.25, 0.3) is 0 Å². The summed E-state index contributed by atoms with van der Waals surface area (Å²) < 4.78 is 30.5. The first kappa shape index (κ1) is 13.3. The summed E-state index contributed by atoms with van der Waals surface area (Å²) in [5, 5.41) is 20.1. The monoisotopic (exact) mass is 282 g/mol. The summed E-state index contributed by atoms with van der Waals surface area (Å²) in [6, 6.07) is 0.993. The van der Waals surface area contributed by atoms with Crippen LogP contribution in [0.15, 0.2) is 17.0 Å². The number of rotatable bonds is 3. The van der Waals surface area contributed by atoms with Gasteiger partial charge < -0.3 is 0 Å². The highest BCUT2D eigenvalue weighted by Gasteiger charge is 2.31. The first-order valence-corrected chi connectivity index (χ1v) is 5.56. The predicted octanol–water partition coefficient (Wildman–Crippen LogP) is 1.40. The van der Waals surface area contributed by atoms with Crippen LogP contribution in [-0.2, 0) is 10.1 Å². The summed E-state index contributed by atoms with van der Waals surface area (Å²) in [5.41, 5.74) is -1.92. The Morgan fingerprint density at radius 3 is 2.06 bits per heavy atom. The summed E-state index contributed by atoms with van der Waals surface area (Å²) in [4.78, 5) is 17.6. The standard InChI is InChI=1S/C6H3ClN2O7S/c7-4-1-3(8(10)11)2-5(9(12)13)6(4)17(14,15)16/h1-2H,(H,14,15,16). The second kappa shape index (κ2) is 4.24. The second-order valence-electron chi connectivity index (χ2n) is 2.77. The van der Waals surface area contributed by atoms with Gasteiger partial charge in [0.25, 0.3) is 11.4 Å². The molecule has 0 saturated heterocycles. The van der Waals surface area contributed by atoms with Crippen molar-refractivity contribution >= 4 is 33.1 Å². The van der Waals surface area contributed by atoms with Gasteiger partial charge in [-0.25, -0.2) is 0 Å². The van der Waals surface area contributed by atoms with E-state index in [0.717, 1.165) is 0 Å². The first-order chi connectivity index (χ1) is 7.64. The molecule has 0 aliphatic heterocycles. The maximum atomic E-state index is 10.9. The van der Waals surface area contributed by atoms with Crippen LogP contribution in [0.2, 0.25) is 5.02 Å². The fraction of sp³-hybridized carbons (Fsp3) is 0. The molecule has 0 fully saturated rings. The van der Waals surface area contributed by atoms with E-state index in [0.29, 0.717) is 12.1 Å². The Balaban J connectivity index is 3.74. The number of nitrogens with zero attached hydrogens (tertiary/aromatic N) is 2. The molecule has 9 nitrogen and oxygen atoms in total. The molecular formula is C6H3ClN2O7S. The Hall–Kier alpha value is -1.78. The van der Waals surface area contributed by atoms with E-state index in [4.69, 9.17) is 16.2 Å². The van der Waals surface area contributed by atoms with Gasteiger partial charge in [0.2, 0.25) is 0 Å². The van der Waals surface area contributed by atoms with Gasteiger partial charge in [-0.3, -0.25) is 24.8 Å². The fourth-order valence-corrected chi connectivity index (χ4v) is 2.27. The summed E-state index contributed by atoms with van der Waals surface area (Å²) in [7, 11) is -4.95. The second-order valence-corrected chi connectivity index (χ2v) is 4.53. The third-order valence-corrected chi connectivity index (χ3v) is 3.03. The minimum Gasteiger partial charge on any atom is -0.282 e. The van der Waals surface area contributed by atoms with Crippen molar-refractivity contribution in [2.24, 2.45) is 0 Å². The number of nitro benzene ring substituents is 2. The molecule has 1 rings (SSSR count). The molecular weight excluding hydrogens is 280 g/mol. The van der Waals surface area contributed by atoms with Gasteiger partial charge in [0.05, 0.1) is 20.9 Å². The highest BCUT2D eigenvalue weighted by Crippen LogP contribution is 2.35. The van der Waals surface area contributed by atoms with Gasteiger partial charge in [-0.15, -0.1) is 0 Å². The minimum atomic E-state index is -4.95. The van der Waals surface area contributed by atoms with Crippen LogP contribution in [-0.4, -0.2) is 22.8 Å². The molecule has 0 unspecified atom stereocenters. The highest BCUT2D eigenvalue weighted by atomic mass is 35.5. The predicted molar refractivity (Wildman–Crippen MR) is 54.6 cm³/mol. The Kier molecular flexibility index (Phi) is 3.31. The van der Waals surface area contributed by atoms with Crippen molar-refractivity contribution in [3.8, 4) is 0 Å². The zero-order valence-corrected chi connectivity index (χ0v) is 9.30. The van der Waals surface area contributed by atoms with Crippen LogP contribution in [0.5, 0.6) is 0 Å². The lowest BCUT2D eigenvalue weighted by molar-refractivity contribution is -0.396. The van der Waals surface area contributed by atoms with Gasteiger partial charge in [0.1, 0.15) is 0 Å². The molecule has 0 radical (unpaired) electrons. The van der Waals surface area contributed by atoms with Gasteiger partial charge >= 0.3 is 10.1 Å². The molecule has 11 heteroatoms. The summed E-state index contributed by atoms with van der Waals surface area (Å²) in [6.07, 6.45) is 0. The zero-order chi connectivity index (χ0) is 13.4. The number of nitro groups is 2. The smallest absolute Gasteiger partial charge is 0.282 e. The average Bonchev–Trinajstić information content (AvgIpc) is 2.13. The first-order valence-electron chi connectivity index (χ1n) is 3.74. The van der Waals surface area contributed by atoms with Crippen LogP contribution in [0.4, 0.5) is 11.4 Å². The zero-order valence-electron chi connectivity index (χ0n) is 7.73. The summed E-state index contributed by atoms with van der Waals surface area (Å²) >= 11 is 5.36. The molecule has 1 aromatic carbocycles. The van der Waals surface area contributed by atoms with E-state index in [1.807, 2.05) is 0 Å². The highest BCUT2D eigenvalue weighted by molar-refractivity contribution is 7.86. The molecule has 0 aliphatic rings. The summed E-state index contributed by atoms with van der Waals surface area (Å²) in [5.74, 6) is 0. The van der Waals surface area contributed by atoms with Gasteiger partial charge in [-0.2, -0.15) is 8.42 Å². The maximum Gasteiger partial charge on any atom is 0.302 e. The molecule has 0 heterocycles. The largest absolute Gasteiger partial charge is 0.302 e. The lowest BCUT2D eigenvalue weighted by atomic mass is 10.3. The van der Waals surface area contributed by atoms with Gasteiger partial charge in [0.15, 0.2) is 4.90 Å². The van der Waals surface area contributed by atoms with Gasteiger partial charge in [0, 0.05) is 6.07 Å². The topological polar surface area (TPSA) is 141 Å². The molecule has 1 N–H and O–H groups in total. The molecule has 0 atom stereocenters. The van der Waals surface area contributed by atoms with E-state index in [1.165, 1.54) is 0 Å². The third kappa shape index (κ3) is 2.67. The lowest BCUT2D eigenvalue weighted by Crippen LogP contribution is -2.05. The van der Waals surface area contributed by atoms with E-state index < -0.39 is 41.3 Å². The molecule has 0 aliphatic carbocycles. The van der Waals surface area contributed by atoms with Gasteiger partial charge in [-0.05, 0) is 0 Å². The lowest BCUT2D eigenvalue weighted by Gasteiger charge is -2.02. The van der Waals surface area contributed by atoms with Crippen molar-refractivity contribution in [2.75, 3.05) is 0 Å². The maximum absolute atomic E-state index is 10.9. The van der Waals surface area contributed by atoms with Crippen molar-refractivity contribution in [3.05, 3.63) is 37.4 Å². The van der Waals surface area contributed by atoms with Crippen molar-refractivity contribution in [1.82, 2.24) is 0 Å². The molecule has 0 saturated carbocycles. The Morgan fingerprint density at radius 2 is 1.71 bits per heavy atom.